The molecule has 1 saturated heterocycles. The predicted molar refractivity (Wildman–Crippen MR) is 64.1 cm³/mol. The highest BCUT2D eigenvalue weighted by Crippen LogP contribution is 2.50. The highest BCUT2D eigenvalue weighted by molar-refractivity contribution is 7.80. The maximum atomic E-state index is 12.1. The van der Waals surface area contributed by atoms with Crippen LogP contribution in [0.5, 0.6) is 0 Å². The summed E-state index contributed by atoms with van der Waals surface area (Å²) >= 11 is 4.28. The third-order valence-corrected chi connectivity index (χ3v) is 4.39. The first kappa shape index (κ1) is 11.8. The van der Waals surface area contributed by atoms with Crippen molar-refractivity contribution in [2.45, 2.75) is 38.1 Å². The molecule has 0 radical (unpaired) electrons. The van der Waals surface area contributed by atoms with Gasteiger partial charge in [-0.2, -0.15) is 12.6 Å². The molecule has 0 aromatic rings. The van der Waals surface area contributed by atoms with E-state index < -0.39 is 0 Å². The summed E-state index contributed by atoms with van der Waals surface area (Å²) in [4.78, 5) is 24.9. The minimum absolute atomic E-state index is 0.0767. The molecule has 2 aliphatic rings. The van der Waals surface area contributed by atoms with Crippen molar-refractivity contribution in [2.75, 3.05) is 12.3 Å². The van der Waals surface area contributed by atoms with Crippen LogP contribution in [0.25, 0.3) is 0 Å². The SMILES string of the molecule is NC(=O)C1CCCN1C(=O)CC1(CS)CC1. The summed E-state index contributed by atoms with van der Waals surface area (Å²) < 4.78 is 0. The number of nitrogens with zero attached hydrogens (tertiary/aromatic N) is 1. The van der Waals surface area contributed by atoms with Crippen LogP contribution >= 0.6 is 12.6 Å². The van der Waals surface area contributed by atoms with Gasteiger partial charge in [-0.3, -0.25) is 9.59 Å². The molecule has 1 aliphatic heterocycles. The Bertz CT molecular complexity index is 315. The Morgan fingerprint density at radius 3 is 2.62 bits per heavy atom. The van der Waals surface area contributed by atoms with Crippen molar-refractivity contribution < 1.29 is 9.59 Å². The largest absolute Gasteiger partial charge is 0.368 e. The Morgan fingerprint density at radius 2 is 2.12 bits per heavy atom. The molecule has 4 nitrogen and oxygen atoms in total. The zero-order chi connectivity index (χ0) is 11.8. The first-order valence-corrected chi connectivity index (χ1v) is 6.41. The minimum Gasteiger partial charge on any atom is -0.368 e. The number of hydrogen-bond acceptors (Lipinski definition) is 3. The summed E-state index contributed by atoms with van der Waals surface area (Å²) in [6.45, 7) is 0.676. The number of nitrogens with two attached hydrogens (primary N) is 1. The van der Waals surface area contributed by atoms with E-state index in [1.807, 2.05) is 0 Å². The Hall–Kier alpha value is -0.710. The van der Waals surface area contributed by atoms with Crippen LogP contribution in [0, 0.1) is 5.41 Å². The second kappa shape index (κ2) is 4.28. The van der Waals surface area contributed by atoms with Crippen molar-refractivity contribution in [1.29, 1.82) is 0 Å². The molecule has 2 rings (SSSR count). The van der Waals surface area contributed by atoms with Gasteiger partial charge in [-0.1, -0.05) is 0 Å². The average Bonchev–Trinajstić information content (AvgIpc) is 2.83. The van der Waals surface area contributed by atoms with Gasteiger partial charge in [0, 0.05) is 13.0 Å². The molecule has 0 bridgehead atoms. The van der Waals surface area contributed by atoms with Gasteiger partial charge < -0.3 is 10.6 Å². The maximum Gasteiger partial charge on any atom is 0.240 e. The van der Waals surface area contributed by atoms with E-state index in [0.717, 1.165) is 31.4 Å². The molecule has 0 aromatic heterocycles. The average molecular weight is 242 g/mol. The van der Waals surface area contributed by atoms with Gasteiger partial charge in [0.2, 0.25) is 11.8 Å². The Morgan fingerprint density at radius 1 is 1.44 bits per heavy atom. The van der Waals surface area contributed by atoms with E-state index in [2.05, 4.69) is 12.6 Å². The molecule has 2 amide bonds. The van der Waals surface area contributed by atoms with Crippen LogP contribution in [0.3, 0.4) is 0 Å². The normalized spacial score (nSPS) is 26.8. The Kier molecular flexibility index (Phi) is 3.15. The van der Waals surface area contributed by atoms with Crippen molar-refractivity contribution >= 4 is 24.4 Å². The molecule has 2 fully saturated rings. The molecular formula is C11H18N2O2S. The van der Waals surface area contributed by atoms with Crippen molar-refractivity contribution in [1.82, 2.24) is 4.90 Å². The van der Waals surface area contributed by atoms with E-state index in [1.165, 1.54) is 0 Å². The van der Waals surface area contributed by atoms with Crippen LogP contribution < -0.4 is 5.73 Å². The summed E-state index contributed by atoms with van der Waals surface area (Å²) in [5, 5.41) is 0. The van der Waals surface area contributed by atoms with Crippen LogP contribution in [0.1, 0.15) is 32.1 Å². The van der Waals surface area contributed by atoms with Crippen molar-refractivity contribution in [3.8, 4) is 0 Å². The number of amides is 2. The zero-order valence-corrected chi connectivity index (χ0v) is 10.2. The molecule has 1 unspecified atom stereocenters. The van der Waals surface area contributed by atoms with Gasteiger partial charge in [0.1, 0.15) is 6.04 Å². The number of carbonyl (C=O) groups is 2. The number of carbonyl (C=O) groups excluding carboxylic acids is 2. The second-order valence-electron chi connectivity index (χ2n) is 4.98. The molecule has 1 atom stereocenters. The molecule has 0 spiro atoms. The lowest BCUT2D eigenvalue weighted by molar-refractivity contribution is -0.138. The van der Waals surface area contributed by atoms with E-state index in [4.69, 9.17) is 5.73 Å². The van der Waals surface area contributed by atoms with Gasteiger partial charge in [0.15, 0.2) is 0 Å². The quantitative estimate of drug-likeness (QED) is 0.708. The Balaban J connectivity index is 1.96. The smallest absolute Gasteiger partial charge is 0.240 e. The van der Waals surface area contributed by atoms with E-state index in [0.29, 0.717) is 13.0 Å². The molecule has 1 aliphatic carbocycles. The number of hydrogen-bond donors (Lipinski definition) is 2. The van der Waals surface area contributed by atoms with Gasteiger partial charge in [-0.05, 0) is 36.9 Å². The van der Waals surface area contributed by atoms with Crippen molar-refractivity contribution in [3.63, 3.8) is 0 Å². The summed E-state index contributed by atoms with van der Waals surface area (Å²) in [5.74, 6) is 0.461. The lowest BCUT2D eigenvalue weighted by atomic mass is 10.0. The molecule has 5 heteroatoms. The van der Waals surface area contributed by atoms with Gasteiger partial charge in [0.25, 0.3) is 0 Å². The standard InChI is InChI=1S/C11H18N2O2S/c12-10(15)8-2-1-5-13(8)9(14)6-11(7-16)3-4-11/h8,16H,1-7H2,(H2,12,15). The fourth-order valence-electron chi connectivity index (χ4n) is 2.35. The van der Waals surface area contributed by atoms with Crippen molar-refractivity contribution in [3.05, 3.63) is 0 Å². The lowest BCUT2D eigenvalue weighted by Gasteiger charge is -2.24. The lowest BCUT2D eigenvalue weighted by Crippen LogP contribution is -2.44. The predicted octanol–water partition coefficient (Wildman–Crippen LogP) is 0.563. The summed E-state index contributed by atoms with van der Waals surface area (Å²) in [5.41, 5.74) is 5.41. The first-order valence-electron chi connectivity index (χ1n) is 5.78. The van der Waals surface area contributed by atoms with Crippen LogP contribution in [-0.2, 0) is 9.59 Å². The molecule has 2 N–H and O–H groups in total. The van der Waals surface area contributed by atoms with Gasteiger partial charge in [-0.25, -0.2) is 0 Å². The van der Waals surface area contributed by atoms with Gasteiger partial charge in [0.05, 0.1) is 0 Å². The molecule has 1 saturated carbocycles. The van der Waals surface area contributed by atoms with Gasteiger partial charge in [-0.15, -0.1) is 0 Å². The fraction of sp³-hybridized carbons (Fsp3) is 0.818. The van der Waals surface area contributed by atoms with Crippen LogP contribution in [0.2, 0.25) is 0 Å². The highest BCUT2D eigenvalue weighted by Gasteiger charge is 2.45. The second-order valence-corrected chi connectivity index (χ2v) is 5.30. The van der Waals surface area contributed by atoms with E-state index >= 15 is 0 Å². The van der Waals surface area contributed by atoms with Gasteiger partial charge >= 0.3 is 0 Å². The zero-order valence-electron chi connectivity index (χ0n) is 9.32. The highest BCUT2D eigenvalue weighted by atomic mass is 32.1. The van der Waals surface area contributed by atoms with E-state index in [9.17, 15) is 9.59 Å². The van der Waals surface area contributed by atoms with E-state index in [-0.39, 0.29) is 23.3 Å². The molecule has 0 aromatic carbocycles. The number of primary amides is 1. The first-order chi connectivity index (χ1) is 7.58. The molecule has 90 valence electrons. The number of likely N-dealkylation sites (tertiary alicyclic amines) is 1. The minimum atomic E-state index is -0.374. The van der Waals surface area contributed by atoms with Crippen LogP contribution in [0.15, 0.2) is 0 Å². The van der Waals surface area contributed by atoms with E-state index in [1.54, 1.807) is 4.90 Å². The summed E-state index contributed by atoms with van der Waals surface area (Å²) in [7, 11) is 0. The Labute approximate surface area is 101 Å². The molecular weight excluding hydrogens is 224 g/mol. The fourth-order valence-corrected chi connectivity index (χ4v) is 2.78. The third-order valence-electron chi connectivity index (χ3n) is 3.72. The number of rotatable bonds is 4. The van der Waals surface area contributed by atoms with Crippen LogP contribution in [-0.4, -0.2) is 35.1 Å². The summed E-state index contributed by atoms with van der Waals surface area (Å²) in [6, 6.07) is -0.372. The van der Waals surface area contributed by atoms with Crippen molar-refractivity contribution in [2.24, 2.45) is 11.1 Å². The summed E-state index contributed by atoms with van der Waals surface area (Å²) in [6.07, 6.45) is 4.29. The number of thiol groups is 1. The maximum absolute atomic E-state index is 12.1. The third kappa shape index (κ3) is 2.19. The molecule has 16 heavy (non-hydrogen) atoms. The van der Waals surface area contributed by atoms with Crippen LogP contribution in [0.4, 0.5) is 0 Å². The molecule has 1 heterocycles. The topological polar surface area (TPSA) is 63.4 Å². The monoisotopic (exact) mass is 242 g/mol.